The van der Waals surface area contributed by atoms with Gasteiger partial charge in [0.2, 0.25) is 0 Å². The van der Waals surface area contributed by atoms with Crippen LogP contribution in [0.3, 0.4) is 0 Å². The number of amides is 1. The quantitative estimate of drug-likeness (QED) is 0.406. The molecule has 3 atom stereocenters. The molecule has 0 saturated carbocycles. The number of likely N-dealkylation sites (tertiary alicyclic amines) is 1. The number of aliphatic imine (C=N–C) groups is 1. The van der Waals surface area contributed by atoms with Gasteiger partial charge in [-0.1, -0.05) is 84.2 Å². The van der Waals surface area contributed by atoms with Crippen LogP contribution in [-0.4, -0.2) is 49.0 Å². The van der Waals surface area contributed by atoms with E-state index in [2.05, 4.69) is 11.7 Å². The molecule has 34 heavy (non-hydrogen) atoms. The molecule has 0 aliphatic carbocycles. The third kappa shape index (κ3) is 3.37. The molecule has 0 radical (unpaired) electrons. The van der Waals surface area contributed by atoms with Crippen LogP contribution < -0.4 is 0 Å². The first kappa shape index (κ1) is 22.2. The molecule has 5 rings (SSSR count). The Morgan fingerprint density at radius 2 is 1.85 bits per heavy atom. The topological polar surface area (TPSA) is 96.0 Å². The van der Waals surface area contributed by atoms with Crippen molar-refractivity contribution in [3.05, 3.63) is 89.7 Å². The number of carboxylic acids is 1. The molecule has 1 N–H and O–H groups in total. The van der Waals surface area contributed by atoms with Crippen molar-refractivity contribution in [2.75, 3.05) is 0 Å². The normalized spacial score (nSPS) is 22.1. The van der Waals surface area contributed by atoms with Crippen LogP contribution in [0.15, 0.2) is 82.3 Å². The highest BCUT2D eigenvalue weighted by atomic mass is 32.2. The van der Waals surface area contributed by atoms with Crippen LogP contribution in [-0.2, 0) is 16.0 Å². The molecule has 0 spiro atoms. The highest BCUT2D eigenvalue weighted by Gasteiger charge is 2.67. The summed E-state index contributed by atoms with van der Waals surface area (Å²) in [5.74, 6) is -0.820. The third-order valence-electron chi connectivity index (χ3n) is 6.21. The van der Waals surface area contributed by atoms with Crippen molar-refractivity contribution in [1.82, 2.24) is 10.1 Å². The van der Waals surface area contributed by atoms with Gasteiger partial charge in [0.1, 0.15) is 21.9 Å². The standard InChI is InChI=1S/C26H23N3O4S/c1-15(2)21(23(30)31)29-24(32)26(14-17-10-6-4-7-11-17)25(29)34-22(27-26)19-16(3)33-28-20(19)18-12-8-5-9-13-18/h4-13,21,25H,1,14H2,2-3H3,(H,30,31). The van der Waals surface area contributed by atoms with E-state index in [1.54, 1.807) is 6.92 Å². The average Bonchev–Trinajstić information content (AvgIpc) is 3.36. The van der Waals surface area contributed by atoms with Crippen LogP contribution in [0.2, 0.25) is 0 Å². The summed E-state index contributed by atoms with van der Waals surface area (Å²) in [6, 6.07) is 18.2. The van der Waals surface area contributed by atoms with Crippen LogP contribution in [0.4, 0.5) is 0 Å². The van der Waals surface area contributed by atoms with Gasteiger partial charge in [-0.25, -0.2) is 4.79 Å². The lowest BCUT2D eigenvalue weighted by Crippen LogP contribution is -2.74. The molecule has 0 bridgehead atoms. The Balaban J connectivity index is 1.61. The SMILES string of the molecule is C=C(C)C(C(=O)O)N1C(=O)C2(Cc3ccccc3)N=C(c3c(-c4ccccc4)noc3C)SC12. The molecular formula is C26H23N3O4S. The maximum atomic E-state index is 13.6. The molecule has 1 fully saturated rings. The number of β-lactam (4-membered cyclic amide) rings is 1. The van der Waals surface area contributed by atoms with Crippen molar-refractivity contribution in [1.29, 1.82) is 0 Å². The van der Waals surface area contributed by atoms with Gasteiger partial charge in [0.25, 0.3) is 5.91 Å². The summed E-state index contributed by atoms with van der Waals surface area (Å²) < 4.78 is 5.53. The van der Waals surface area contributed by atoms with Crippen molar-refractivity contribution >= 4 is 28.7 Å². The number of carbonyl (C=O) groups is 2. The summed E-state index contributed by atoms with van der Waals surface area (Å²) in [5.41, 5.74) is 2.51. The summed E-state index contributed by atoms with van der Waals surface area (Å²) in [6.07, 6.45) is 0.373. The number of nitrogens with zero attached hydrogens (tertiary/aromatic N) is 3. The van der Waals surface area contributed by atoms with E-state index >= 15 is 0 Å². The predicted octanol–water partition coefficient (Wildman–Crippen LogP) is 4.32. The van der Waals surface area contributed by atoms with Crippen LogP contribution >= 0.6 is 11.8 Å². The highest BCUT2D eigenvalue weighted by Crippen LogP contribution is 2.52. The van der Waals surface area contributed by atoms with E-state index in [-0.39, 0.29) is 5.91 Å². The summed E-state index contributed by atoms with van der Waals surface area (Å²) in [6.45, 7) is 7.27. The second-order valence-corrected chi connectivity index (χ2v) is 9.67. The molecule has 7 nitrogen and oxygen atoms in total. The summed E-state index contributed by atoms with van der Waals surface area (Å²) in [5, 5.41) is 14.3. The molecule has 8 heteroatoms. The first-order valence-corrected chi connectivity index (χ1v) is 11.7. The number of aromatic nitrogens is 1. The maximum Gasteiger partial charge on any atom is 0.330 e. The lowest BCUT2D eigenvalue weighted by atomic mass is 9.80. The summed E-state index contributed by atoms with van der Waals surface area (Å²) in [7, 11) is 0. The van der Waals surface area contributed by atoms with E-state index in [0.29, 0.717) is 28.5 Å². The third-order valence-corrected chi connectivity index (χ3v) is 7.57. The van der Waals surface area contributed by atoms with Crippen molar-refractivity contribution < 1.29 is 19.2 Å². The monoisotopic (exact) mass is 473 g/mol. The number of fused-ring (bicyclic) bond motifs is 1. The lowest BCUT2D eigenvalue weighted by Gasteiger charge is -2.52. The predicted molar refractivity (Wildman–Crippen MR) is 131 cm³/mol. The van der Waals surface area contributed by atoms with Crippen LogP contribution in [0.25, 0.3) is 11.3 Å². The molecule has 3 aromatic rings. The second-order valence-electron chi connectivity index (χ2n) is 8.60. The van der Waals surface area contributed by atoms with E-state index in [1.807, 2.05) is 67.6 Å². The Morgan fingerprint density at radius 1 is 1.21 bits per heavy atom. The number of rotatable bonds is 7. The molecule has 3 heterocycles. The second kappa shape index (κ2) is 8.29. The molecule has 1 aromatic heterocycles. The Labute approximate surface area is 201 Å². The first-order valence-electron chi connectivity index (χ1n) is 10.9. The van der Waals surface area contributed by atoms with Crippen molar-refractivity contribution in [3.63, 3.8) is 0 Å². The number of thioether (sulfide) groups is 1. The number of benzene rings is 2. The Hall–Kier alpha value is -3.65. The van der Waals surface area contributed by atoms with Gasteiger partial charge < -0.3 is 14.5 Å². The first-order chi connectivity index (χ1) is 16.3. The minimum absolute atomic E-state index is 0.311. The van der Waals surface area contributed by atoms with E-state index < -0.39 is 22.9 Å². The fourth-order valence-corrected chi connectivity index (χ4v) is 6.18. The Kier molecular flexibility index (Phi) is 5.40. The Bertz CT molecular complexity index is 1300. The molecule has 1 amide bonds. The number of hydrogen-bond acceptors (Lipinski definition) is 6. The maximum absolute atomic E-state index is 13.6. The van der Waals surface area contributed by atoms with E-state index in [0.717, 1.165) is 16.7 Å². The minimum atomic E-state index is -1.11. The number of aryl methyl sites for hydroxylation is 1. The zero-order valence-electron chi connectivity index (χ0n) is 18.8. The largest absolute Gasteiger partial charge is 0.479 e. The van der Waals surface area contributed by atoms with Crippen molar-refractivity contribution in [2.24, 2.45) is 4.99 Å². The summed E-state index contributed by atoms with van der Waals surface area (Å²) >= 11 is 1.38. The summed E-state index contributed by atoms with van der Waals surface area (Å²) in [4.78, 5) is 32.1. The molecular weight excluding hydrogens is 450 g/mol. The van der Waals surface area contributed by atoms with Crippen molar-refractivity contribution in [3.8, 4) is 11.3 Å². The van der Waals surface area contributed by atoms with Gasteiger partial charge in [-0.05, 0) is 25.0 Å². The molecule has 172 valence electrons. The van der Waals surface area contributed by atoms with Gasteiger partial charge in [-0.2, -0.15) is 0 Å². The minimum Gasteiger partial charge on any atom is -0.479 e. The molecule has 2 aliphatic rings. The smallest absolute Gasteiger partial charge is 0.330 e. The van der Waals surface area contributed by atoms with E-state index in [9.17, 15) is 14.7 Å². The van der Waals surface area contributed by atoms with Crippen LogP contribution in [0.1, 0.15) is 23.8 Å². The molecule has 3 unspecified atom stereocenters. The molecule has 2 aromatic carbocycles. The number of aliphatic carboxylic acids is 1. The highest BCUT2D eigenvalue weighted by molar-refractivity contribution is 8.15. The average molecular weight is 474 g/mol. The number of carboxylic acid groups (broad SMARTS) is 1. The number of carbonyl (C=O) groups excluding carboxylic acids is 1. The number of hydrogen-bond donors (Lipinski definition) is 1. The van der Waals surface area contributed by atoms with Gasteiger partial charge >= 0.3 is 5.97 Å². The fourth-order valence-electron chi connectivity index (χ4n) is 4.63. The van der Waals surface area contributed by atoms with E-state index in [4.69, 9.17) is 9.52 Å². The zero-order chi connectivity index (χ0) is 24.0. The van der Waals surface area contributed by atoms with Gasteiger partial charge in [0, 0.05) is 12.0 Å². The van der Waals surface area contributed by atoms with Crippen LogP contribution in [0, 0.1) is 6.92 Å². The fraction of sp³-hybridized carbons (Fsp3) is 0.231. The van der Waals surface area contributed by atoms with Gasteiger partial charge in [-0.3, -0.25) is 9.79 Å². The zero-order valence-corrected chi connectivity index (χ0v) is 19.6. The van der Waals surface area contributed by atoms with Gasteiger partial charge in [0.05, 0.1) is 5.56 Å². The molecule has 1 saturated heterocycles. The van der Waals surface area contributed by atoms with Gasteiger partial charge in [0.15, 0.2) is 11.6 Å². The van der Waals surface area contributed by atoms with Gasteiger partial charge in [-0.15, -0.1) is 0 Å². The van der Waals surface area contributed by atoms with E-state index in [1.165, 1.54) is 16.7 Å². The van der Waals surface area contributed by atoms with Crippen LogP contribution in [0.5, 0.6) is 0 Å². The molecule has 2 aliphatic heterocycles. The van der Waals surface area contributed by atoms with Crippen molar-refractivity contribution in [2.45, 2.75) is 37.2 Å². The lowest BCUT2D eigenvalue weighted by molar-refractivity contribution is -0.163. The Morgan fingerprint density at radius 3 is 2.47 bits per heavy atom.